The first-order chi connectivity index (χ1) is 17.9. The fourth-order valence-electron chi connectivity index (χ4n) is 5.29. The van der Waals surface area contributed by atoms with Gasteiger partial charge in [0.25, 0.3) is 0 Å². The zero-order valence-corrected chi connectivity index (χ0v) is 23.1. The second-order valence-corrected chi connectivity index (χ2v) is 11.3. The van der Waals surface area contributed by atoms with E-state index < -0.39 is 5.97 Å². The molecule has 0 spiro atoms. The van der Waals surface area contributed by atoms with Crippen molar-refractivity contribution < 1.29 is 19.4 Å². The van der Waals surface area contributed by atoms with Crippen LogP contribution in [0, 0.1) is 5.41 Å². The number of fused-ring (bicyclic) bond motifs is 1. The summed E-state index contributed by atoms with van der Waals surface area (Å²) in [7, 11) is 3.34. The van der Waals surface area contributed by atoms with Gasteiger partial charge in [0.15, 0.2) is 0 Å². The van der Waals surface area contributed by atoms with Crippen LogP contribution >= 0.6 is 23.4 Å². The zero-order chi connectivity index (χ0) is 26.3. The summed E-state index contributed by atoms with van der Waals surface area (Å²) < 4.78 is 10.7. The summed E-state index contributed by atoms with van der Waals surface area (Å²) in [5.74, 6) is 1.94. The van der Waals surface area contributed by atoms with Gasteiger partial charge in [-0.05, 0) is 92.6 Å². The number of piperidine rings is 1. The lowest BCUT2D eigenvalue weighted by atomic mass is 9.72. The number of benzene rings is 2. The highest BCUT2D eigenvalue weighted by atomic mass is 35.5. The number of thioether (sulfide) groups is 1. The third-order valence-electron chi connectivity index (χ3n) is 7.43. The van der Waals surface area contributed by atoms with Crippen molar-refractivity contribution in [2.24, 2.45) is 5.41 Å². The molecule has 2 heterocycles. The Morgan fingerprint density at radius 1 is 1.14 bits per heavy atom. The molecule has 0 bridgehead atoms. The highest BCUT2D eigenvalue weighted by molar-refractivity contribution is 7.99. The minimum atomic E-state index is -0.709. The molecule has 4 rings (SSSR count). The number of aromatic nitrogens is 1. The van der Waals surface area contributed by atoms with Crippen LogP contribution in [0.15, 0.2) is 53.6 Å². The molecule has 37 heavy (non-hydrogen) atoms. The molecule has 1 saturated heterocycles. The first-order valence-electron chi connectivity index (χ1n) is 12.7. The van der Waals surface area contributed by atoms with E-state index in [1.165, 1.54) is 4.90 Å². The van der Waals surface area contributed by atoms with E-state index in [1.807, 2.05) is 42.1 Å². The molecule has 6 nitrogen and oxygen atoms in total. The number of pyridine rings is 1. The van der Waals surface area contributed by atoms with Crippen LogP contribution in [0.4, 0.5) is 0 Å². The monoisotopic (exact) mass is 542 g/mol. The number of hydrogen-bond donors (Lipinski definition) is 1. The van der Waals surface area contributed by atoms with Crippen LogP contribution in [0.3, 0.4) is 0 Å². The molecule has 1 fully saturated rings. The molecule has 1 N–H and O–H groups in total. The Labute approximate surface area is 228 Å². The van der Waals surface area contributed by atoms with Gasteiger partial charge in [-0.3, -0.25) is 9.78 Å². The third kappa shape index (κ3) is 7.30. The largest absolute Gasteiger partial charge is 0.497 e. The summed E-state index contributed by atoms with van der Waals surface area (Å²) in [4.78, 5) is 19.9. The number of aliphatic carboxylic acids is 1. The van der Waals surface area contributed by atoms with Crippen molar-refractivity contribution in [3.8, 4) is 11.5 Å². The predicted molar refractivity (Wildman–Crippen MR) is 150 cm³/mol. The number of hydrogen-bond acceptors (Lipinski definition) is 6. The van der Waals surface area contributed by atoms with E-state index in [-0.39, 0.29) is 11.8 Å². The van der Waals surface area contributed by atoms with E-state index >= 15 is 0 Å². The van der Waals surface area contributed by atoms with Gasteiger partial charge in [-0.25, -0.2) is 0 Å². The molecule has 3 aromatic rings. The molecule has 1 aliphatic heterocycles. The molecule has 0 unspecified atom stereocenters. The molecule has 1 aromatic heterocycles. The zero-order valence-electron chi connectivity index (χ0n) is 21.5. The minimum Gasteiger partial charge on any atom is -0.497 e. The normalized spacial score (nSPS) is 15.5. The van der Waals surface area contributed by atoms with Crippen LogP contribution in [0.1, 0.15) is 37.7 Å². The Bertz CT molecular complexity index is 1210. The van der Waals surface area contributed by atoms with Gasteiger partial charge in [-0.1, -0.05) is 17.7 Å². The molecule has 0 aliphatic carbocycles. The smallest absolute Gasteiger partial charge is 0.303 e. The van der Waals surface area contributed by atoms with Crippen LogP contribution in [-0.2, 0) is 11.2 Å². The van der Waals surface area contributed by atoms with Crippen LogP contribution in [0.2, 0.25) is 5.02 Å². The average Bonchev–Trinajstić information content (AvgIpc) is 2.90. The lowest BCUT2D eigenvalue weighted by Crippen LogP contribution is -2.42. The van der Waals surface area contributed by atoms with Crippen molar-refractivity contribution in [1.82, 2.24) is 9.88 Å². The summed E-state index contributed by atoms with van der Waals surface area (Å²) in [6.07, 6.45) is 6.28. The fraction of sp³-hybridized carbons (Fsp3) is 0.448. The van der Waals surface area contributed by atoms with Crippen LogP contribution in [0.25, 0.3) is 10.9 Å². The lowest BCUT2D eigenvalue weighted by Gasteiger charge is -2.41. The molecular formula is C29H35ClN2O4S. The van der Waals surface area contributed by atoms with Crippen molar-refractivity contribution >= 4 is 40.2 Å². The lowest BCUT2D eigenvalue weighted by molar-refractivity contribution is -0.140. The first kappa shape index (κ1) is 27.6. The molecule has 2 aromatic carbocycles. The Morgan fingerprint density at radius 3 is 2.62 bits per heavy atom. The van der Waals surface area contributed by atoms with E-state index in [0.29, 0.717) is 5.02 Å². The summed E-state index contributed by atoms with van der Waals surface area (Å²) in [5, 5.41) is 11.3. The molecule has 8 heteroatoms. The standard InChI is InChI=1S/C29H35ClN2O4S/c1-35-21-5-3-6-23(17-21)37-16-15-32-13-11-29(12-14-32,19-28(33)34)10-4-7-24-25-18-22(36-2)8-9-27(25)31-20-26(24)30/h3,5-6,8-9,17-18,20H,4,7,10-16,19H2,1-2H3,(H,33,34). The second-order valence-electron chi connectivity index (χ2n) is 9.76. The SMILES string of the molecule is COc1cccc(SCCN2CCC(CCCc3c(Cl)cnc4ccc(OC)cc34)(CC(=O)O)CC2)c1. The van der Waals surface area contributed by atoms with Gasteiger partial charge in [0.05, 0.1) is 31.2 Å². The van der Waals surface area contributed by atoms with Gasteiger partial charge in [0.2, 0.25) is 0 Å². The van der Waals surface area contributed by atoms with Crippen LogP contribution in [0.5, 0.6) is 11.5 Å². The van der Waals surface area contributed by atoms with Gasteiger partial charge < -0.3 is 19.5 Å². The second kappa shape index (κ2) is 12.9. The Balaban J connectivity index is 1.33. The number of likely N-dealkylation sites (tertiary alicyclic amines) is 1. The van der Waals surface area contributed by atoms with Gasteiger partial charge in [0.1, 0.15) is 11.5 Å². The number of aryl methyl sites for hydroxylation is 1. The maximum Gasteiger partial charge on any atom is 0.303 e. The van der Waals surface area contributed by atoms with Crippen molar-refractivity contribution in [3.63, 3.8) is 0 Å². The number of methoxy groups -OCH3 is 2. The van der Waals surface area contributed by atoms with E-state index in [2.05, 4.69) is 22.0 Å². The third-order valence-corrected chi connectivity index (χ3v) is 8.73. The molecule has 0 atom stereocenters. The number of nitrogens with zero attached hydrogens (tertiary/aromatic N) is 2. The molecule has 0 radical (unpaired) electrons. The van der Waals surface area contributed by atoms with Crippen molar-refractivity contribution in [2.75, 3.05) is 39.6 Å². The molecule has 1 aliphatic rings. The van der Waals surface area contributed by atoms with Crippen molar-refractivity contribution in [1.29, 1.82) is 0 Å². The summed E-state index contributed by atoms with van der Waals surface area (Å²) in [6.45, 7) is 2.86. The van der Waals surface area contributed by atoms with Gasteiger partial charge in [-0.15, -0.1) is 11.8 Å². The maximum atomic E-state index is 11.8. The van der Waals surface area contributed by atoms with Gasteiger partial charge >= 0.3 is 5.97 Å². The fourth-order valence-corrected chi connectivity index (χ4v) is 6.50. The van der Waals surface area contributed by atoms with E-state index in [9.17, 15) is 9.90 Å². The average molecular weight is 543 g/mol. The van der Waals surface area contributed by atoms with E-state index in [0.717, 1.165) is 85.5 Å². The molecule has 198 valence electrons. The summed E-state index contributed by atoms with van der Waals surface area (Å²) >= 11 is 8.38. The molecular weight excluding hydrogens is 508 g/mol. The summed E-state index contributed by atoms with van der Waals surface area (Å²) in [6, 6.07) is 14.0. The Hall–Kier alpha value is -2.48. The van der Waals surface area contributed by atoms with Crippen LogP contribution < -0.4 is 9.47 Å². The highest BCUT2D eigenvalue weighted by Gasteiger charge is 2.36. The number of rotatable bonds is 12. The number of carbonyl (C=O) groups is 1. The van der Waals surface area contributed by atoms with Gasteiger partial charge in [0, 0.05) is 28.8 Å². The van der Waals surface area contributed by atoms with Gasteiger partial charge in [-0.2, -0.15) is 0 Å². The van der Waals surface area contributed by atoms with E-state index in [1.54, 1.807) is 20.4 Å². The topological polar surface area (TPSA) is 71.9 Å². The number of ether oxygens (including phenoxy) is 2. The quantitative estimate of drug-likeness (QED) is 0.259. The minimum absolute atomic E-state index is 0.171. The molecule has 0 saturated carbocycles. The van der Waals surface area contributed by atoms with Crippen LogP contribution in [-0.4, -0.2) is 60.6 Å². The number of carboxylic acids is 1. The highest BCUT2D eigenvalue weighted by Crippen LogP contribution is 2.41. The van der Waals surface area contributed by atoms with Crippen molar-refractivity contribution in [3.05, 3.63) is 59.2 Å². The Morgan fingerprint density at radius 2 is 1.89 bits per heavy atom. The number of halogens is 1. The first-order valence-corrected chi connectivity index (χ1v) is 14.1. The molecule has 0 amide bonds. The van der Waals surface area contributed by atoms with Crippen molar-refractivity contribution in [2.45, 2.75) is 43.4 Å². The Kier molecular flexibility index (Phi) is 9.57. The maximum absolute atomic E-state index is 11.8. The number of carboxylic acid groups (broad SMARTS) is 1. The predicted octanol–water partition coefficient (Wildman–Crippen LogP) is 6.58. The van der Waals surface area contributed by atoms with E-state index in [4.69, 9.17) is 21.1 Å². The summed E-state index contributed by atoms with van der Waals surface area (Å²) in [5.41, 5.74) is 1.78.